The van der Waals surface area contributed by atoms with Gasteiger partial charge >= 0.3 is 0 Å². The molecule has 0 atom stereocenters. The summed E-state index contributed by atoms with van der Waals surface area (Å²) in [5, 5.41) is 0. The van der Waals surface area contributed by atoms with Crippen LogP contribution in [-0.4, -0.2) is 48.4 Å². The Hall–Kier alpha value is -1.49. The number of anilines is 1. The second-order valence-corrected chi connectivity index (χ2v) is 7.07. The summed E-state index contributed by atoms with van der Waals surface area (Å²) in [5.74, 6) is 1.32. The molecular weight excluding hydrogens is 305 g/mol. The van der Waals surface area contributed by atoms with Crippen LogP contribution in [0.1, 0.15) is 44.9 Å². The Morgan fingerprint density at radius 2 is 1.92 bits per heavy atom. The van der Waals surface area contributed by atoms with E-state index in [1.807, 2.05) is 0 Å². The maximum atomic E-state index is 13.3. The molecule has 0 aromatic carbocycles. The number of halogens is 1. The van der Waals surface area contributed by atoms with Crippen LogP contribution in [0.3, 0.4) is 0 Å². The third kappa shape index (κ3) is 4.76. The maximum absolute atomic E-state index is 13.3. The summed E-state index contributed by atoms with van der Waals surface area (Å²) in [7, 11) is 0. The highest BCUT2D eigenvalue weighted by molar-refractivity contribution is 5.81. The molecule has 1 aromatic rings. The van der Waals surface area contributed by atoms with Crippen LogP contribution in [0.2, 0.25) is 0 Å². The lowest BCUT2D eigenvalue weighted by Gasteiger charge is -2.35. The highest BCUT2D eigenvalue weighted by Gasteiger charge is 2.22. The lowest BCUT2D eigenvalue weighted by Crippen LogP contribution is -2.47. The molecule has 1 aliphatic heterocycles. The second-order valence-electron chi connectivity index (χ2n) is 7.07. The van der Waals surface area contributed by atoms with Gasteiger partial charge in [0.25, 0.3) is 0 Å². The van der Waals surface area contributed by atoms with E-state index in [1.165, 1.54) is 37.6 Å². The Labute approximate surface area is 144 Å². The second kappa shape index (κ2) is 8.56. The summed E-state index contributed by atoms with van der Waals surface area (Å²) in [5.41, 5.74) is 0. The van der Waals surface area contributed by atoms with E-state index in [1.54, 1.807) is 0 Å². The van der Waals surface area contributed by atoms with Gasteiger partial charge in [0.2, 0.25) is 0 Å². The fraction of sp³-hybridized carbons (Fsp3) is 0.684. The number of aromatic nitrogens is 1. The summed E-state index contributed by atoms with van der Waals surface area (Å²) in [6.07, 6.45) is 9.20. The Kier molecular flexibility index (Phi) is 6.18. The van der Waals surface area contributed by atoms with E-state index in [4.69, 9.17) is 0 Å². The molecule has 1 aromatic heterocycles. The Bertz CT molecular complexity index is 537. The topological polar surface area (TPSA) is 36.4 Å². The van der Waals surface area contributed by atoms with Gasteiger partial charge < -0.3 is 4.90 Å². The van der Waals surface area contributed by atoms with Crippen LogP contribution >= 0.6 is 0 Å². The summed E-state index contributed by atoms with van der Waals surface area (Å²) in [6.45, 7) is 4.63. The maximum Gasteiger partial charge on any atom is 0.136 e. The number of Topliss-reactive ketones (excluding diaryl/α,β-unsaturated/α-hetero) is 1. The van der Waals surface area contributed by atoms with Crippen LogP contribution in [0.15, 0.2) is 18.3 Å². The van der Waals surface area contributed by atoms with Gasteiger partial charge in [-0.2, -0.15) is 0 Å². The number of piperazine rings is 1. The molecule has 0 unspecified atom stereocenters. The lowest BCUT2D eigenvalue weighted by atomic mass is 9.85. The number of rotatable bonds is 6. The Morgan fingerprint density at radius 1 is 1.17 bits per heavy atom. The average molecular weight is 333 g/mol. The molecule has 2 heterocycles. The first kappa shape index (κ1) is 17.3. The normalized spacial score (nSPS) is 20.3. The summed E-state index contributed by atoms with van der Waals surface area (Å²) in [4.78, 5) is 21.0. The van der Waals surface area contributed by atoms with Gasteiger partial charge in [-0.1, -0.05) is 19.3 Å². The molecule has 2 fully saturated rings. The minimum absolute atomic E-state index is 0.233. The van der Waals surface area contributed by atoms with Gasteiger partial charge in [0.15, 0.2) is 0 Å². The van der Waals surface area contributed by atoms with E-state index < -0.39 is 0 Å². The first-order valence-electron chi connectivity index (χ1n) is 9.34. The molecule has 1 aliphatic carbocycles. The zero-order valence-corrected chi connectivity index (χ0v) is 14.4. The molecule has 1 saturated heterocycles. The summed E-state index contributed by atoms with van der Waals surface area (Å²) >= 11 is 0. The van der Waals surface area contributed by atoms with E-state index in [2.05, 4.69) is 14.8 Å². The Morgan fingerprint density at radius 3 is 2.62 bits per heavy atom. The van der Waals surface area contributed by atoms with Crippen molar-refractivity contribution in [1.29, 1.82) is 0 Å². The molecule has 0 bridgehead atoms. The van der Waals surface area contributed by atoms with Gasteiger partial charge in [-0.3, -0.25) is 9.69 Å². The van der Waals surface area contributed by atoms with Gasteiger partial charge in [-0.05, 0) is 31.9 Å². The van der Waals surface area contributed by atoms with Crippen molar-refractivity contribution in [2.45, 2.75) is 44.9 Å². The minimum atomic E-state index is -0.233. The Balaban J connectivity index is 1.36. The molecule has 5 heteroatoms. The number of pyridine rings is 1. The first-order chi connectivity index (χ1) is 11.7. The number of hydrogen-bond donors (Lipinski definition) is 0. The standard InChI is InChI=1S/C19H28FN3O/c20-17-8-9-21-19(15-17)23-13-11-22(12-14-23)10-4-7-18(24)16-5-2-1-3-6-16/h8-9,15-16H,1-7,10-14H2. The van der Waals surface area contributed by atoms with E-state index in [9.17, 15) is 9.18 Å². The number of carbonyl (C=O) groups excluding carboxylic acids is 1. The third-order valence-corrected chi connectivity index (χ3v) is 5.36. The molecule has 0 amide bonds. The van der Waals surface area contributed by atoms with Crippen LogP contribution in [0, 0.1) is 11.7 Å². The largest absolute Gasteiger partial charge is 0.354 e. The van der Waals surface area contributed by atoms with Crippen LogP contribution in [0.25, 0.3) is 0 Å². The van der Waals surface area contributed by atoms with E-state index >= 15 is 0 Å². The number of hydrogen-bond acceptors (Lipinski definition) is 4. The first-order valence-corrected chi connectivity index (χ1v) is 9.34. The molecular formula is C19H28FN3O. The fourth-order valence-corrected chi connectivity index (χ4v) is 3.87. The van der Waals surface area contributed by atoms with Crippen molar-refractivity contribution >= 4 is 11.6 Å². The van der Waals surface area contributed by atoms with Crippen LogP contribution in [0.5, 0.6) is 0 Å². The van der Waals surface area contributed by atoms with Crippen LogP contribution in [-0.2, 0) is 4.79 Å². The monoisotopic (exact) mass is 333 g/mol. The van der Waals surface area contributed by atoms with Gasteiger partial charge in [-0.15, -0.1) is 0 Å². The van der Waals surface area contributed by atoms with Gasteiger partial charge in [0.1, 0.15) is 17.4 Å². The minimum Gasteiger partial charge on any atom is -0.354 e. The fourth-order valence-electron chi connectivity index (χ4n) is 3.87. The molecule has 2 aliphatic rings. The van der Waals surface area contributed by atoms with E-state index in [-0.39, 0.29) is 5.82 Å². The quantitative estimate of drug-likeness (QED) is 0.800. The predicted octanol–water partition coefficient (Wildman–Crippen LogP) is 3.27. The highest BCUT2D eigenvalue weighted by atomic mass is 19.1. The van der Waals surface area contributed by atoms with E-state index in [0.717, 1.165) is 64.2 Å². The van der Waals surface area contributed by atoms with Crippen LogP contribution < -0.4 is 4.90 Å². The SMILES string of the molecule is O=C(CCCN1CCN(c2cc(F)ccn2)CC1)C1CCCCC1. The average Bonchev–Trinajstić information content (AvgIpc) is 2.63. The van der Waals surface area contributed by atoms with E-state index in [0.29, 0.717) is 11.7 Å². The zero-order chi connectivity index (χ0) is 16.8. The zero-order valence-electron chi connectivity index (χ0n) is 14.4. The predicted molar refractivity (Wildman–Crippen MR) is 93.7 cm³/mol. The van der Waals surface area contributed by atoms with Crippen molar-refractivity contribution in [1.82, 2.24) is 9.88 Å². The van der Waals surface area contributed by atoms with Gasteiger partial charge in [0, 0.05) is 50.8 Å². The third-order valence-electron chi connectivity index (χ3n) is 5.36. The van der Waals surface area contributed by atoms with Crippen LogP contribution in [0.4, 0.5) is 10.2 Å². The van der Waals surface area contributed by atoms with Gasteiger partial charge in [-0.25, -0.2) is 9.37 Å². The van der Waals surface area contributed by atoms with Crippen molar-refractivity contribution in [3.8, 4) is 0 Å². The van der Waals surface area contributed by atoms with Crippen molar-refractivity contribution < 1.29 is 9.18 Å². The highest BCUT2D eigenvalue weighted by Crippen LogP contribution is 2.25. The molecule has 0 N–H and O–H groups in total. The lowest BCUT2D eigenvalue weighted by molar-refractivity contribution is -0.123. The summed E-state index contributed by atoms with van der Waals surface area (Å²) < 4.78 is 13.3. The molecule has 132 valence electrons. The van der Waals surface area contributed by atoms with Crippen molar-refractivity contribution in [3.05, 3.63) is 24.1 Å². The van der Waals surface area contributed by atoms with Crippen molar-refractivity contribution in [2.75, 3.05) is 37.6 Å². The van der Waals surface area contributed by atoms with Crippen molar-refractivity contribution in [2.24, 2.45) is 5.92 Å². The summed E-state index contributed by atoms with van der Waals surface area (Å²) in [6, 6.07) is 2.88. The molecule has 24 heavy (non-hydrogen) atoms. The molecule has 0 spiro atoms. The smallest absolute Gasteiger partial charge is 0.136 e. The van der Waals surface area contributed by atoms with Crippen molar-refractivity contribution in [3.63, 3.8) is 0 Å². The number of ketones is 1. The molecule has 1 saturated carbocycles. The molecule has 0 radical (unpaired) electrons. The van der Waals surface area contributed by atoms with Gasteiger partial charge in [0.05, 0.1) is 0 Å². The number of nitrogens with zero attached hydrogens (tertiary/aromatic N) is 3. The number of carbonyl (C=O) groups is 1. The molecule has 3 rings (SSSR count). The molecule has 4 nitrogen and oxygen atoms in total.